The highest BCUT2D eigenvalue weighted by atomic mass is 16.5. The van der Waals surface area contributed by atoms with Gasteiger partial charge >= 0.3 is 6.09 Å². The first-order valence-electron chi connectivity index (χ1n) is 14.0. The van der Waals surface area contributed by atoms with Crippen LogP contribution in [0.25, 0.3) is 10.9 Å². The lowest BCUT2D eigenvalue weighted by atomic mass is 10.0. The van der Waals surface area contributed by atoms with Gasteiger partial charge in [-0.25, -0.2) is 10.2 Å². The van der Waals surface area contributed by atoms with Crippen molar-refractivity contribution < 1.29 is 29.3 Å². The van der Waals surface area contributed by atoms with Crippen LogP contribution in [0.15, 0.2) is 96.6 Å². The molecule has 3 aromatic carbocycles. The lowest BCUT2D eigenvalue weighted by Gasteiger charge is -2.21. The van der Waals surface area contributed by atoms with Crippen LogP contribution >= 0.6 is 0 Å². The summed E-state index contributed by atoms with van der Waals surface area (Å²) in [7, 11) is 0. The number of aliphatic hydroxyl groups is 1. The number of hydrogen-bond acceptors (Lipinski definition) is 7. The molecule has 2 atom stereocenters. The molecule has 4 rings (SSSR count). The fourth-order valence-electron chi connectivity index (χ4n) is 4.67. The first-order valence-corrected chi connectivity index (χ1v) is 14.0. The van der Waals surface area contributed by atoms with Crippen molar-refractivity contribution in [3.8, 4) is 5.75 Å². The third-order valence-corrected chi connectivity index (χ3v) is 6.97. The van der Waals surface area contributed by atoms with Crippen LogP contribution in [0.5, 0.6) is 5.75 Å². The number of phenolic OH excluding ortho intramolecular Hbond substituents is 1. The Bertz CT molecular complexity index is 1630. The molecule has 1 aromatic heterocycles. The summed E-state index contributed by atoms with van der Waals surface area (Å²) >= 11 is 0. The number of para-hydroxylation sites is 1. The van der Waals surface area contributed by atoms with E-state index in [1.54, 1.807) is 48.7 Å². The van der Waals surface area contributed by atoms with E-state index in [0.717, 1.165) is 27.7 Å². The van der Waals surface area contributed by atoms with Crippen molar-refractivity contribution in [2.75, 3.05) is 6.61 Å². The lowest BCUT2D eigenvalue weighted by molar-refractivity contribution is -0.130. The molecule has 0 spiro atoms. The van der Waals surface area contributed by atoms with Crippen molar-refractivity contribution in [1.82, 2.24) is 20.6 Å². The standard InChI is InChI=1S/C33H35N5O6/c1-3-17-38-22(2)27(26-11-7-8-12-30(26)38)19-34-37-32(42)28(18-23-13-15-25(40)16-14-23)35-31(41)29(20-39)36-33(43)44-21-24-9-5-4-6-10-24/h3-16,19,28-29,39-40H,1,17-18,20-21H2,2H3,(H,35,41)(H,36,43)(H,37,42)/b34-19-/t28-,29-/m0/s1. The van der Waals surface area contributed by atoms with Crippen LogP contribution in [-0.4, -0.2) is 57.6 Å². The molecule has 0 fully saturated rings. The molecule has 0 radical (unpaired) electrons. The Hall–Kier alpha value is -5.42. The second-order valence-corrected chi connectivity index (χ2v) is 10.0. The molecule has 0 saturated carbocycles. The van der Waals surface area contributed by atoms with Gasteiger partial charge in [-0.15, -0.1) is 6.58 Å². The van der Waals surface area contributed by atoms with E-state index < -0.39 is 36.6 Å². The minimum absolute atomic E-state index is 0.0257. The van der Waals surface area contributed by atoms with Crippen molar-refractivity contribution in [2.24, 2.45) is 5.10 Å². The number of fused-ring (bicyclic) bond motifs is 1. The molecule has 0 aliphatic rings. The number of alkyl carbamates (subject to hydrolysis) is 1. The Balaban J connectivity index is 1.46. The van der Waals surface area contributed by atoms with E-state index in [9.17, 15) is 24.6 Å². The number of nitrogens with one attached hydrogen (secondary N) is 3. The molecule has 0 aliphatic carbocycles. The third-order valence-electron chi connectivity index (χ3n) is 6.97. The number of rotatable bonds is 13. The van der Waals surface area contributed by atoms with E-state index in [2.05, 4.69) is 32.3 Å². The minimum Gasteiger partial charge on any atom is -0.508 e. The van der Waals surface area contributed by atoms with E-state index in [-0.39, 0.29) is 18.8 Å². The van der Waals surface area contributed by atoms with E-state index in [0.29, 0.717) is 12.1 Å². The van der Waals surface area contributed by atoms with E-state index in [1.807, 2.05) is 37.3 Å². The summed E-state index contributed by atoms with van der Waals surface area (Å²) in [5.74, 6) is -1.37. The van der Waals surface area contributed by atoms with E-state index >= 15 is 0 Å². The largest absolute Gasteiger partial charge is 0.508 e. The van der Waals surface area contributed by atoms with Crippen LogP contribution in [0.3, 0.4) is 0 Å². The Morgan fingerprint density at radius 1 is 0.932 bits per heavy atom. The zero-order chi connectivity index (χ0) is 31.5. The molecular weight excluding hydrogens is 562 g/mol. The monoisotopic (exact) mass is 597 g/mol. The Labute approximate surface area is 254 Å². The molecule has 1 heterocycles. The van der Waals surface area contributed by atoms with Gasteiger partial charge in [0, 0.05) is 35.1 Å². The molecule has 0 unspecified atom stereocenters. The molecule has 11 heteroatoms. The van der Waals surface area contributed by atoms with E-state index in [1.165, 1.54) is 12.1 Å². The number of aromatic nitrogens is 1. The number of phenols is 1. The molecule has 4 aromatic rings. The van der Waals surface area contributed by atoms with Gasteiger partial charge in [0.25, 0.3) is 5.91 Å². The summed E-state index contributed by atoms with van der Waals surface area (Å²) in [6.07, 6.45) is 2.49. The molecular formula is C33H35N5O6. The predicted octanol–water partition coefficient (Wildman–Crippen LogP) is 3.31. The van der Waals surface area contributed by atoms with Crippen molar-refractivity contribution in [3.63, 3.8) is 0 Å². The maximum absolute atomic E-state index is 13.3. The number of carbonyl (C=O) groups excluding carboxylic acids is 3. The van der Waals surface area contributed by atoms with Crippen LogP contribution in [0.1, 0.15) is 22.4 Å². The Morgan fingerprint density at radius 3 is 2.34 bits per heavy atom. The number of carbonyl (C=O) groups is 3. The maximum Gasteiger partial charge on any atom is 0.408 e. The number of aromatic hydroxyl groups is 1. The van der Waals surface area contributed by atoms with Gasteiger partial charge in [0.05, 0.1) is 12.8 Å². The molecule has 3 amide bonds. The van der Waals surface area contributed by atoms with Gasteiger partial charge in [-0.2, -0.15) is 5.10 Å². The summed E-state index contributed by atoms with van der Waals surface area (Å²) < 4.78 is 7.24. The van der Waals surface area contributed by atoms with Gasteiger partial charge in [-0.05, 0) is 36.2 Å². The van der Waals surface area contributed by atoms with Crippen LogP contribution in [0.4, 0.5) is 4.79 Å². The molecule has 5 N–H and O–H groups in total. The number of hydrogen-bond donors (Lipinski definition) is 5. The Kier molecular flexibility index (Phi) is 10.9. The number of amides is 3. The van der Waals surface area contributed by atoms with Gasteiger partial charge in [0.2, 0.25) is 5.91 Å². The topological polar surface area (TPSA) is 154 Å². The quantitative estimate of drug-likeness (QED) is 0.0905. The number of nitrogens with zero attached hydrogens (tertiary/aromatic N) is 2. The zero-order valence-electron chi connectivity index (χ0n) is 24.3. The van der Waals surface area contributed by atoms with Crippen molar-refractivity contribution in [3.05, 3.63) is 114 Å². The number of allylic oxidation sites excluding steroid dienone is 1. The zero-order valence-corrected chi connectivity index (χ0v) is 24.3. The highest BCUT2D eigenvalue weighted by Gasteiger charge is 2.27. The second-order valence-electron chi connectivity index (χ2n) is 10.0. The molecule has 0 aliphatic heterocycles. The first kappa shape index (κ1) is 31.5. The van der Waals surface area contributed by atoms with Crippen molar-refractivity contribution in [2.45, 2.75) is 38.6 Å². The van der Waals surface area contributed by atoms with Crippen molar-refractivity contribution in [1.29, 1.82) is 0 Å². The summed E-state index contributed by atoms with van der Waals surface area (Å²) in [5, 5.41) is 29.5. The highest BCUT2D eigenvalue weighted by molar-refractivity contribution is 6.01. The fraction of sp³-hybridized carbons (Fsp3) is 0.212. The molecule has 228 valence electrons. The lowest BCUT2D eigenvalue weighted by Crippen LogP contribution is -2.55. The van der Waals surface area contributed by atoms with Crippen LogP contribution < -0.4 is 16.1 Å². The summed E-state index contributed by atoms with van der Waals surface area (Å²) in [5.41, 5.74) is 6.65. The normalized spacial score (nSPS) is 12.4. The van der Waals surface area contributed by atoms with Gasteiger partial charge in [0.15, 0.2) is 0 Å². The summed E-state index contributed by atoms with van der Waals surface area (Å²) in [6.45, 7) is 5.63. The third kappa shape index (κ3) is 8.11. The average Bonchev–Trinajstić information content (AvgIpc) is 3.30. The van der Waals surface area contributed by atoms with Gasteiger partial charge in [0.1, 0.15) is 24.4 Å². The molecule has 0 bridgehead atoms. The van der Waals surface area contributed by atoms with Gasteiger partial charge in [-0.3, -0.25) is 9.59 Å². The molecule has 44 heavy (non-hydrogen) atoms. The fourth-order valence-corrected chi connectivity index (χ4v) is 4.67. The smallest absolute Gasteiger partial charge is 0.408 e. The van der Waals surface area contributed by atoms with Crippen LogP contribution in [-0.2, 0) is 33.9 Å². The van der Waals surface area contributed by atoms with Gasteiger partial charge in [-0.1, -0.05) is 66.7 Å². The molecule has 0 saturated heterocycles. The number of aliphatic hydroxyl groups excluding tert-OH is 1. The maximum atomic E-state index is 13.3. The number of ether oxygens (including phenoxy) is 1. The van der Waals surface area contributed by atoms with Gasteiger partial charge < -0.3 is 30.2 Å². The van der Waals surface area contributed by atoms with Crippen molar-refractivity contribution >= 4 is 35.0 Å². The second kappa shape index (κ2) is 15.2. The summed E-state index contributed by atoms with van der Waals surface area (Å²) in [4.78, 5) is 38.7. The van der Waals surface area contributed by atoms with Crippen LogP contribution in [0, 0.1) is 6.92 Å². The first-order chi connectivity index (χ1) is 21.3. The molecule has 11 nitrogen and oxygen atoms in total. The SMILES string of the molecule is C=CCn1c(C)c(/C=N\NC(=O)[C@H](Cc2ccc(O)cc2)NC(=O)[C@H](CO)NC(=O)OCc2ccccc2)c2ccccc21. The minimum atomic E-state index is -1.38. The summed E-state index contributed by atoms with van der Waals surface area (Å²) in [6, 6.07) is 20.4. The number of hydrazone groups is 1. The Morgan fingerprint density at radius 2 is 1.64 bits per heavy atom. The van der Waals surface area contributed by atoms with Crippen LogP contribution in [0.2, 0.25) is 0 Å². The van der Waals surface area contributed by atoms with E-state index in [4.69, 9.17) is 4.74 Å². The predicted molar refractivity (Wildman–Crippen MR) is 167 cm³/mol. The highest BCUT2D eigenvalue weighted by Crippen LogP contribution is 2.24. The number of benzene rings is 3. The average molecular weight is 598 g/mol.